The quantitative estimate of drug-likeness (QED) is 0.664. The smallest absolute Gasteiger partial charge is 0.229 e. The summed E-state index contributed by atoms with van der Waals surface area (Å²) in [4.78, 5) is 24.9. The maximum Gasteiger partial charge on any atom is 0.229 e. The normalized spacial score (nSPS) is 15.4. The maximum absolute atomic E-state index is 14.0. The van der Waals surface area contributed by atoms with Crippen molar-refractivity contribution < 1.29 is 19.1 Å². The van der Waals surface area contributed by atoms with E-state index in [1.165, 1.54) is 12.1 Å². The lowest BCUT2D eigenvalue weighted by Gasteiger charge is -2.19. The van der Waals surface area contributed by atoms with Crippen LogP contribution in [0.3, 0.4) is 0 Å². The summed E-state index contributed by atoms with van der Waals surface area (Å²) < 4.78 is 14.0. The number of nitrogens with zero attached hydrogens (tertiary/aromatic N) is 1. The van der Waals surface area contributed by atoms with Gasteiger partial charge in [0, 0.05) is 24.0 Å². The van der Waals surface area contributed by atoms with Crippen LogP contribution in [0.2, 0.25) is 0 Å². The Hall–Kier alpha value is -2.19. The van der Waals surface area contributed by atoms with E-state index in [0.717, 1.165) is 4.90 Å². The van der Waals surface area contributed by atoms with Gasteiger partial charge in [0.15, 0.2) is 0 Å². The molecular formula is C16H16FNO3. The van der Waals surface area contributed by atoms with Crippen molar-refractivity contribution in [2.75, 3.05) is 6.61 Å². The van der Waals surface area contributed by atoms with Gasteiger partial charge in [0.25, 0.3) is 0 Å². The third-order valence-electron chi connectivity index (χ3n) is 3.33. The molecule has 1 aromatic rings. The summed E-state index contributed by atoms with van der Waals surface area (Å²) in [7, 11) is 0. The molecule has 0 aromatic heterocycles. The van der Waals surface area contributed by atoms with Gasteiger partial charge in [-0.1, -0.05) is 17.9 Å². The molecule has 4 nitrogen and oxygen atoms in total. The molecule has 1 aromatic carbocycles. The molecule has 1 aliphatic heterocycles. The second-order valence-electron chi connectivity index (χ2n) is 4.85. The molecular weight excluding hydrogens is 273 g/mol. The zero-order chi connectivity index (χ0) is 15.2. The molecule has 110 valence electrons. The standard InChI is InChI=1S/C16H16FNO3/c17-14-10-12(4-3-9-19)7-8-13(14)11-18-15(20)5-1-2-6-16(18)21/h7-8,10,19H,1-2,5-6,9,11H2. The molecule has 0 atom stereocenters. The van der Waals surface area contributed by atoms with Crippen LogP contribution in [0.25, 0.3) is 0 Å². The summed E-state index contributed by atoms with van der Waals surface area (Å²) in [5.74, 6) is 4.03. The summed E-state index contributed by atoms with van der Waals surface area (Å²) in [5.41, 5.74) is 0.729. The number of hydrogen-bond donors (Lipinski definition) is 1. The first-order valence-electron chi connectivity index (χ1n) is 6.83. The van der Waals surface area contributed by atoms with E-state index in [-0.39, 0.29) is 30.5 Å². The van der Waals surface area contributed by atoms with Crippen molar-refractivity contribution in [2.24, 2.45) is 0 Å². The monoisotopic (exact) mass is 289 g/mol. The molecule has 1 N–H and O–H groups in total. The molecule has 0 spiro atoms. The molecule has 0 radical (unpaired) electrons. The van der Waals surface area contributed by atoms with E-state index >= 15 is 0 Å². The lowest BCUT2D eigenvalue weighted by Crippen LogP contribution is -2.34. The molecule has 0 unspecified atom stereocenters. The Balaban J connectivity index is 2.18. The fourth-order valence-corrected chi connectivity index (χ4v) is 2.20. The fourth-order valence-electron chi connectivity index (χ4n) is 2.20. The number of likely N-dealkylation sites (tertiary alicyclic amines) is 1. The highest BCUT2D eigenvalue weighted by atomic mass is 19.1. The predicted octanol–water partition coefficient (Wildman–Crippen LogP) is 1.60. The van der Waals surface area contributed by atoms with Crippen LogP contribution < -0.4 is 0 Å². The van der Waals surface area contributed by atoms with E-state index in [2.05, 4.69) is 11.8 Å². The summed E-state index contributed by atoms with van der Waals surface area (Å²) in [6.07, 6.45) is 2.04. The zero-order valence-corrected chi connectivity index (χ0v) is 11.6. The van der Waals surface area contributed by atoms with Gasteiger partial charge in [-0.2, -0.15) is 0 Å². The third-order valence-corrected chi connectivity index (χ3v) is 3.33. The number of amides is 2. The van der Waals surface area contributed by atoms with E-state index in [9.17, 15) is 14.0 Å². The van der Waals surface area contributed by atoms with Crippen molar-refractivity contribution in [3.63, 3.8) is 0 Å². The van der Waals surface area contributed by atoms with Gasteiger partial charge in [-0.05, 0) is 25.0 Å². The van der Waals surface area contributed by atoms with Crippen molar-refractivity contribution >= 4 is 11.8 Å². The van der Waals surface area contributed by atoms with Gasteiger partial charge in [-0.15, -0.1) is 0 Å². The summed E-state index contributed by atoms with van der Waals surface area (Å²) in [6, 6.07) is 4.36. The summed E-state index contributed by atoms with van der Waals surface area (Å²) in [6.45, 7) is -0.336. The lowest BCUT2D eigenvalue weighted by atomic mass is 10.1. The molecule has 2 rings (SSSR count). The second kappa shape index (κ2) is 7.00. The molecule has 1 saturated heterocycles. The molecule has 2 amide bonds. The predicted molar refractivity (Wildman–Crippen MR) is 74.4 cm³/mol. The number of carbonyl (C=O) groups excluding carboxylic acids is 2. The number of imide groups is 1. The molecule has 1 fully saturated rings. The van der Waals surface area contributed by atoms with Crippen LogP contribution >= 0.6 is 0 Å². The topological polar surface area (TPSA) is 57.6 Å². The van der Waals surface area contributed by atoms with Crippen LogP contribution in [0.5, 0.6) is 0 Å². The molecule has 1 aliphatic rings. The van der Waals surface area contributed by atoms with E-state index in [4.69, 9.17) is 5.11 Å². The van der Waals surface area contributed by atoms with Crippen LogP contribution in [0.1, 0.15) is 36.8 Å². The van der Waals surface area contributed by atoms with Crippen molar-refractivity contribution in [2.45, 2.75) is 32.2 Å². The molecule has 1 heterocycles. The minimum absolute atomic E-state index is 0.0444. The number of aliphatic hydroxyl groups is 1. The highest BCUT2D eigenvalue weighted by Gasteiger charge is 2.24. The van der Waals surface area contributed by atoms with E-state index in [0.29, 0.717) is 31.2 Å². The average molecular weight is 289 g/mol. The third kappa shape index (κ3) is 3.89. The lowest BCUT2D eigenvalue weighted by molar-refractivity contribution is -0.144. The number of halogens is 1. The van der Waals surface area contributed by atoms with Crippen molar-refractivity contribution in [1.29, 1.82) is 0 Å². The number of benzene rings is 1. The first-order chi connectivity index (χ1) is 10.1. The van der Waals surface area contributed by atoms with Crippen LogP contribution in [0.4, 0.5) is 4.39 Å². The summed E-state index contributed by atoms with van der Waals surface area (Å²) in [5, 5.41) is 8.60. The molecule has 0 saturated carbocycles. The van der Waals surface area contributed by atoms with Crippen LogP contribution in [0.15, 0.2) is 18.2 Å². The molecule has 21 heavy (non-hydrogen) atoms. The maximum atomic E-state index is 14.0. The molecule has 0 bridgehead atoms. The van der Waals surface area contributed by atoms with Gasteiger partial charge in [0.1, 0.15) is 12.4 Å². The summed E-state index contributed by atoms with van der Waals surface area (Å²) >= 11 is 0. The van der Waals surface area contributed by atoms with Gasteiger partial charge in [-0.25, -0.2) is 4.39 Å². The van der Waals surface area contributed by atoms with Gasteiger partial charge >= 0.3 is 0 Å². The van der Waals surface area contributed by atoms with Crippen LogP contribution in [-0.2, 0) is 16.1 Å². The number of hydrogen-bond acceptors (Lipinski definition) is 3. The SMILES string of the molecule is O=C1CCCCC(=O)N1Cc1ccc(C#CCO)cc1F. The first-order valence-corrected chi connectivity index (χ1v) is 6.83. The Morgan fingerprint density at radius 2 is 1.86 bits per heavy atom. The van der Waals surface area contributed by atoms with E-state index in [1.54, 1.807) is 6.07 Å². The molecule has 0 aliphatic carbocycles. The number of carbonyl (C=O) groups is 2. The van der Waals surface area contributed by atoms with Gasteiger partial charge in [0.05, 0.1) is 6.54 Å². The van der Waals surface area contributed by atoms with Gasteiger partial charge < -0.3 is 5.11 Å². The van der Waals surface area contributed by atoms with E-state index in [1.807, 2.05) is 0 Å². The second-order valence-corrected chi connectivity index (χ2v) is 4.85. The Morgan fingerprint density at radius 1 is 1.19 bits per heavy atom. The Morgan fingerprint density at radius 3 is 2.43 bits per heavy atom. The largest absolute Gasteiger partial charge is 0.384 e. The Kier molecular flexibility index (Phi) is 5.07. The number of rotatable bonds is 2. The van der Waals surface area contributed by atoms with E-state index < -0.39 is 5.82 Å². The Labute approximate surface area is 122 Å². The average Bonchev–Trinajstić information content (AvgIpc) is 2.62. The highest BCUT2D eigenvalue weighted by molar-refractivity contribution is 5.95. The highest BCUT2D eigenvalue weighted by Crippen LogP contribution is 2.18. The van der Waals surface area contributed by atoms with Crippen molar-refractivity contribution in [1.82, 2.24) is 4.90 Å². The van der Waals surface area contributed by atoms with Crippen LogP contribution in [0, 0.1) is 17.7 Å². The van der Waals surface area contributed by atoms with Crippen LogP contribution in [-0.4, -0.2) is 28.4 Å². The van der Waals surface area contributed by atoms with Gasteiger partial charge in [0.2, 0.25) is 11.8 Å². The Bertz CT molecular complexity index is 598. The minimum atomic E-state index is -0.510. The van der Waals surface area contributed by atoms with Crippen molar-refractivity contribution in [3.05, 3.63) is 35.1 Å². The number of aliphatic hydroxyl groups excluding tert-OH is 1. The van der Waals surface area contributed by atoms with Crippen molar-refractivity contribution in [3.8, 4) is 11.8 Å². The zero-order valence-electron chi connectivity index (χ0n) is 11.6. The van der Waals surface area contributed by atoms with Gasteiger partial charge in [-0.3, -0.25) is 14.5 Å². The first kappa shape index (κ1) is 15.2. The minimum Gasteiger partial charge on any atom is -0.384 e. The molecule has 5 heteroatoms. The fraction of sp³-hybridized carbons (Fsp3) is 0.375.